The molecule has 0 aliphatic rings. The van der Waals surface area contributed by atoms with Gasteiger partial charge < -0.3 is 10.6 Å². The van der Waals surface area contributed by atoms with Crippen LogP contribution < -0.4 is 18.9 Å². The summed E-state index contributed by atoms with van der Waals surface area (Å²) in [4.78, 5) is 22.2. The van der Waals surface area contributed by atoms with Crippen LogP contribution in [0, 0.1) is 11.6 Å². The quantitative estimate of drug-likeness (QED) is 0.0905. The first kappa shape index (κ1) is 46.0. The number of halogens is 2. The predicted molar refractivity (Wildman–Crippen MR) is 214 cm³/mol. The molecule has 7 heteroatoms. The zero-order chi connectivity index (χ0) is 36.7. The van der Waals surface area contributed by atoms with Crippen molar-refractivity contribution in [3.05, 3.63) is 213 Å². The van der Waals surface area contributed by atoms with Crippen molar-refractivity contribution in [3.63, 3.8) is 0 Å². The zero-order valence-corrected chi connectivity index (χ0v) is 31.0. The molecule has 280 valence electrons. The maximum absolute atomic E-state index is 12.9. The van der Waals surface area contributed by atoms with Gasteiger partial charge in [0.25, 0.3) is 0 Å². The fourth-order valence-corrected chi connectivity index (χ4v) is 5.92. The van der Waals surface area contributed by atoms with E-state index >= 15 is 0 Å². The number of hydrogen-bond acceptors (Lipinski definition) is 3. The predicted octanol–water partition coefficient (Wildman–Crippen LogP) is 8.16. The summed E-state index contributed by atoms with van der Waals surface area (Å²) in [6.45, 7) is 1.59. The van der Waals surface area contributed by atoms with Crippen molar-refractivity contribution in [2.24, 2.45) is 0 Å². The molecule has 0 aliphatic heterocycles. The van der Waals surface area contributed by atoms with E-state index in [9.17, 15) is 18.4 Å². The van der Waals surface area contributed by atoms with E-state index in [1.54, 1.807) is 19.1 Å². The van der Waals surface area contributed by atoms with Gasteiger partial charge in [-0.15, -0.1) is 0 Å². The number of hydrogen-bond donors (Lipinski definition) is 1. The Labute approximate surface area is 336 Å². The molecular weight excluding hydrogens is 685 g/mol. The molecule has 0 saturated heterocycles. The van der Waals surface area contributed by atoms with Gasteiger partial charge in [0.2, 0.25) is 0 Å². The molecule has 0 amide bonds. The van der Waals surface area contributed by atoms with E-state index in [0.717, 1.165) is 73.6 Å². The first-order valence-corrected chi connectivity index (χ1v) is 17.8. The fourth-order valence-electron chi connectivity index (χ4n) is 5.92. The van der Waals surface area contributed by atoms with Gasteiger partial charge in [0.05, 0.1) is 5.56 Å². The molecule has 0 radical (unpaired) electrons. The van der Waals surface area contributed by atoms with Crippen molar-refractivity contribution >= 4 is 11.8 Å². The summed E-state index contributed by atoms with van der Waals surface area (Å²) < 4.78 is 25.8. The maximum atomic E-state index is 12.9. The summed E-state index contributed by atoms with van der Waals surface area (Å²) in [7, 11) is 0. The minimum atomic E-state index is -0.896. The van der Waals surface area contributed by atoms with Gasteiger partial charge in [-0.25, -0.2) is 13.6 Å². The SMILES string of the molecule is C.CC(=O)c1ccc(CCc2ccc(CCc3ccc(F)cc3)cc2)cc1.O=C(O)c1ccc(CCc2ccc(CCc3ccc(F)cc3)cc2)cc1.[Li+].[OH-]. The molecule has 0 aliphatic carbocycles. The van der Waals surface area contributed by atoms with Gasteiger partial charge in [0, 0.05) is 5.56 Å². The van der Waals surface area contributed by atoms with Crippen LogP contribution in [-0.4, -0.2) is 22.3 Å². The number of carbonyl (C=O) groups excluding carboxylic acids is 1. The fraction of sp³-hybridized carbons (Fsp3) is 0.208. The molecule has 6 rings (SSSR count). The molecule has 0 saturated carbocycles. The maximum Gasteiger partial charge on any atom is 1.00 e. The molecule has 0 bridgehead atoms. The third kappa shape index (κ3) is 15.6. The molecule has 0 atom stereocenters. The van der Waals surface area contributed by atoms with Crippen LogP contribution in [0.1, 0.15) is 79.6 Å². The van der Waals surface area contributed by atoms with Gasteiger partial charge in [0.15, 0.2) is 5.78 Å². The molecule has 2 N–H and O–H groups in total. The summed E-state index contributed by atoms with van der Waals surface area (Å²) in [6.07, 6.45) is 7.46. The van der Waals surface area contributed by atoms with Crippen molar-refractivity contribution in [2.45, 2.75) is 65.7 Å². The molecule has 0 spiro atoms. The van der Waals surface area contributed by atoms with Crippen molar-refractivity contribution in [1.82, 2.24) is 0 Å². The molecular formula is C48H49F2LiO4. The molecule has 0 heterocycles. The van der Waals surface area contributed by atoms with Crippen LogP contribution in [0.4, 0.5) is 8.78 Å². The monoisotopic (exact) mass is 734 g/mol. The Morgan fingerprint density at radius 3 is 0.782 bits per heavy atom. The number of ketones is 1. The van der Waals surface area contributed by atoms with E-state index in [2.05, 4.69) is 48.5 Å². The molecule has 0 fully saturated rings. The summed E-state index contributed by atoms with van der Waals surface area (Å²) in [5.74, 6) is -1.18. The van der Waals surface area contributed by atoms with Crippen LogP contribution in [-0.2, 0) is 51.4 Å². The summed E-state index contributed by atoms with van der Waals surface area (Å²) in [6, 6.07) is 45.6. The first-order valence-electron chi connectivity index (χ1n) is 17.8. The first-order chi connectivity index (χ1) is 25.2. The average molecular weight is 735 g/mol. The Bertz CT molecular complexity index is 1860. The molecule has 6 aromatic carbocycles. The third-order valence-corrected chi connectivity index (χ3v) is 9.24. The smallest absolute Gasteiger partial charge is 0.870 e. The van der Waals surface area contributed by atoms with Crippen molar-refractivity contribution in [2.75, 3.05) is 0 Å². The number of carboxylic acids is 1. The Kier molecular flexibility index (Phi) is 19.8. The second-order valence-electron chi connectivity index (χ2n) is 13.1. The number of aryl methyl sites for hydroxylation is 8. The Morgan fingerprint density at radius 1 is 0.400 bits per heavy atom. The number of Topliss-reactive ketones (excluding diaryl/α,β-unsaturated/α-hetero) is 1. The molecule has 55 heavy (non-hydrogen) atoms. The second kappa shape index (κ2) is 23.6. The van der Waals surface area contributed by atoms with Gasteiger partial charge in [-0.2, -0.15) is 0 Å². The van der Waals surface area contributed by atoms with Crippen molar-refractivity contribution in [3.8, 4) is 0 Å². The van der Waals surface area contributed by atoms with Crippen molar-refractivity contribution < 1.29 is 47.8 Å². The summed E-state index contributed by atoms with van der Waals surface area (Å²) in [5.41, 5.74) is 10.9. The summed E-state index contributed by atoms with van der Waals surface area (Å²) >= 11 is 0. The second-order valence-corrected chi connectivity index (χ2v) is 13.1. The average Bonchev–Trinajstić information content (AvgIpc) is 3.17. The largest absolute Gasteiger partial charge is 1.00 e. The number of rotatable bonds is 14. The molecule has 0 unspecified atom stereocenters. The standard InChI is InChI=1S/C24H23FO.C23H21FO2.CH4.Li.H2O/c1-18(26)23-14-10-21(11-15-23)8-6-19-2-4-20(5-3-19)7-9-22-12-16-24(25)17-13-22;24-22-15-11-20(12-16-22)8-6-18-3-1-17(2-4-18)5-7-19-9-13-21(14-10-19)23(25)26;;;/h2-5,10-17H,6-9H2,1H3;1-4,9-16H,5-8H2,(H,25,26);1H4;;1H2/q;;;+1;/p-1. The van der Waals surface area contributed by atoms with E-state index in [4.69, 9.17) is 5.11 Å². The van der Waals surface area contributed by atoms with Crippen LogP contribution in [0.2, 0.25) is 0 Å². The number of carboxylic acid groups (broad SMARTS) is 1. The Hall–Kier alpha value is -5.12. The van der Waals surface area contributed by atoms with Gasteiger partial charge in [-0.05, 0) is 139 Å². The number of aromatic carboxylic acids is 1. The van der Waals surface area contributed by atoms with E-state index in [1.807, 2.05) is 60.7 Å². The van der Waals surface area contributed by atoms with E-state index in [0.29, 0.717) is 5.56 Å². The molecule has 6 aromatic rings. The zero-order valence-electron chi connectivity index (χ0n) is 31.0. The van der Waals surface area contributed by atoms with Gasteiger partial charge in [0.1, 0.15) is 11.6 Å². The van der Waals surface area contributed by atoms with Crippen LogP contribution in [0.25, 0.3) is 0 Å². The number of benzene rings is 6. The van der Waals surface area contributed by atoms with Gasteiger partial charge in [-0.1, -0.05) is 117 Å². The van der Waals surface area contributed by atoms with Gasteiger partial charge >= 0.3 is 24.8 Å². The van der Waals surface area contributed by atoms with Crippen LogP contribution in [0.3, 0.4) is 0 Å². The minimum absolute atomic E-state index is 0. The van der Waals surface area contributed by atoms with Crippen LogP contribution >= 0.6 is 0 Å². The van der Waals surface area contributed by atoms with E-state index in [1.165, 1.54) is 52.1 Å². The Morgan fingerprint density at radius 2 is 0.582 bits per heavy atom. The molecule has 4 nitrogen and oxygen atoms in total. The van der Waals surface area contributed by atoms with E-state index in [-0.39, 0.29) is 49.2 Å². The van der Waals surface area contributed by atoms with Crippen LogP contribution in [0.5, 0.6) is 0 Å². The molecule has 0 aromatic heterocycles. The number of carbonyl (C=O) groups is 2. The van der Waals surface area contributed by atoms with Crippen molar-refractivity contribution in [1.29, 1.82) is 0 Å². The summed E-state index contributed by atoms with van der Waals surface area (Å²) in [5, 5.41) is 8.92. The minimum Gasteiger partial charge on any atom is -0.870 e. The third-order valence-electron chi connectivity index (χ3n) is 9.24. The normalized spacial score (nSPS) is 10.1. The Balaban J connectivity index is 0.000000360. The topological polar surface area (TPSA) is 84.4 Å². The van der Waals surface area contributed by atoms with E-state index < -0.39 is 5.97 Å². The van der Waals surface area contributed by atoms with Gasteiger partial charge in [-0.3, -0.25) is 4.79 Å². The van der Waals surface area contributed by atoms with Crippen LogP contribution in [0.15, 0.2) is 146 Å².